The van der Waals surface area contributed by atoms with E-state index in [1.54, 1.807) is 38.8 Å². The molecule has 0 spiro atoms. The average Bonchev–Trinajstić information content (AvgIpc) is 3.43. The number of hydrogen-bond acceptors (Lipinski definition) is 5. The van der Waals surface area contributed by atoms with Crippen LogP contribution >= 0.6 is 0 Å². The lowest BCUT2D eigenvalue weighted by Crippen LogP contribution is -2.51. The molecule has 30 heavy (non-hydrogen) atoms. The van der Waals surface area contributed by atoms with Crippen LogP contribution in [0.4, 0.5) is 11.4 Å². The maximum absolute atomic E-state index is 13.1. The van der Waals surface area contributed by atoms with Crippen molar-refractivity contribution in [3.63, 3.8) is 0 Å². The van der Waals surface area contributed by atoms with Gasteiger partial charge in [0.15, 0.2) is 11.4 Å². The highest BCUT2D eigenvalue weighted by Crippen LogP contribution is 2.39. The second-order valence-corrected chi connectivity index (χ2v) is 7.28. The first-order valence-corrected chi connectivity index (χ1v) is 9.63. The second-order valence-electron chi connectivity index (χ2n) is 7.28. The van der Waals surface area contributed by atoms with E-state index in [2.05, 4.69) is 10.1 Å². The highest BCUT2D eigenvalue weighted by atomic mass is 16.3. The zero-order valence-corrected chi connectivity index (χ0v) is 16.5. The van der Waals surface area contributed by atoms with Crippen LogP contribution in [0, 0.1) is 0 Å². The molecule has 0 saturated heterocycles. The van der Waals surface area contributed by atoms with E-state index < -0.39 is 0 Å². The Balaban J connectivity index is 1.65. The zero-order chi connectivity index (χ0) is 20.8. The third kappa shape index (κ3) is 2.85. The molecule has 0 radical (unpaired) electrons. The summed E-state index contributed by atoms with van der Waals surface area (Å²) in [6.07, 6.45) is 4.95. The highest BCUT2D eigenvalue weighted by Gasteiger charge is 2.35. The number of carbonyl (C=O) groups excluding carboxylic acids is 2. The summed E-state index contributed by atoms with van der Waals surface area (Å²) in [5.41, 5.74) is 3.66. The van der Waals surface area contributed by atoms with Crippen molar-refractivity contribution in [2.45, 2.75) is 19.9 Å². The lowest BCUT2D eigenvalue weighted by atomic mass is 10.0. The summed E-state index contributed by atoms with van der Waals surface area (Å²) in [6, 6.07) is 12.6. The number of furan rings is 1. The van der Waals surface area contributed by atoms with Gasteiger partial charge in [0.2, 0.25) is 5.91 Å². The van der Waals surface area contributed by atoms with Crippen molar-refractivity contribution in [2.75, 3.05) is 16.3 Å². The largest absolute Gasteiger partial charge is 0.459 e. The van der Waals surface area contributed by atoms with Gasteiger partial charge < -0.3 is 14.2 Å². The summed E-state index contributed by atoms with van der Waals surface area (Å²) in [4.78, 5) is 33.1. The van der Waals surface area contributed by atoms with Crippen LogP contribution in [0.2, 0.25) is 0 Å². The minimum Gasteiger partial charge on any atom is -0.459 e. The van der Waals surface area contributed by atoms with Crippen molar-refractivity contribution in [1.29, 1.82) is 0 Å². The van der Waals surface area contributed by atoms with Crippen molar-refractivity contribution in [3.05, 3.63) is 66.9 Å². The monoisotopic (exact) mass is 401 g/mol. The zero-order valence-electron chi connectivity index (χ0n) is 16.5. The number of hydrogen-bond donors (Lipinski definition) is 0. The molecule has 0 saturated carbocycles. The quantitative estimate of drug-likeness (QED) is 0.514. The van der Waals surface area contributed by atoms with E-state index in [9.17, 15) is 9.59 Å². The fraction of sp³-hybridized carbons (Fsp3) is 0.182. The van der Waals surface area contributed by atoms with Crippen LogP contribution in [-0.2, 0) is 4.79 Å². The fourth-order valence-electron chi connectivity index (χ4n) is 3.96. The van der Waals surface area contributed by atoms with Crippen LogP contribution < -0.4 is 9.80 Å². The standard InChI is InChI=1S/C22H19N5O3/c1-14-13-25(22(29)20-4-3-11-30-20)19-12-16(5-7-18(19)27(14)15(2)28)17-6-8-21-23-9-10-26(21)24-17/h3-12,14H,13H2,1-2H3/t14-/m0/s1. The van der Waals surface area contributed by atoms with Crippen molar-refractivity contribution in [3.8, 4) is 11.3 Å². The molecule has 0 fully saturated rings. The lowest BCUT2D eigenvalue weighted by Gasteiger charge is -2.40. The Morgan fingerprint density at radius 2 is 2.00 bits per heavy atom. The van der Waals surface area contributed by atoms with Gasteiger partial charge in [0.05, 0.1) is 29.4 Å². The van der Waals surface area contributed by atoms with Crippen molar-refractivity contribution in [1.82, 2.24) is 14.6 Å². The molecule has 2 amide bonds. The Bertz CT molecular complexity index is 1260. The summed E-state index contributed by atoms with van der Waals surface area (Å²) >= 11 is 0. The molecule has 0 N–H and O–H groups in total. The molecule has 1 atom stereocenters. The molecule has 4 aromatic rings. The van der Waals surface area contributed by atoms with Crippen LogP contribution in [0.15, 0.2) is 65.5 Å². The molecule has 1 aliphatic heterocycles. The molecule has 1 aliphatic rings. The Hall–Kier alpha value is -3.94. The Kier molecular flexibility index (Phi) is 4.13. The number of fused-ring (bicyclic) bond motifs is 2. The van der Waals surface area contributed by atoms with E-state index in [0.717, 1.165) is 16.9 Å². The van der Waals surface area contributed by atoms with Gasteiger partial charge in [-0.3, -0.25) is 9.59 Å². The van der Waals surface area contributed by atoms with Gasteiger partial charge in [-0.25, -0.2) is 9.50 Å². The van der Waals surface area contributed by atoms with Gasteiger partial charge in [-0.1, -0.05) is 6.07 Å². The van der Waals surface area contributed by atoms with Crippen LogP contribution in [0.5, 0.6) is 0 Å². The van der Waals surface area contributed by atoms with E-state index in [4.69, 9.17) is 4.42 Å². The number of benzene rings is 1. The predicted molar refractivity (Wildman–Crippen MR) is 111 cm³/mol. The minimum absolute atomic E-state index is 0.0699. The van der Waals surface area contributed by atoms with Crippen LogP contribution in [-0.4, -0.2) is 39.0 Å². The smallest absolute Gasteiger partial charge is 0.294 e. The Morgan fingerprint density at radius 1 is 1.13 bits per heavy atom. The summed E-state index contributed by atoms with van der Waals surface area (Å²) in [7, 11) is 0. The SMILES string of the molecule is CC(=O)N1c2ccc(-c3ccc4nccn4n3)cc2N(C(=O)c2ccco2)C[C@@H]1C. The topological polar surface area (TPSA) is 84.0 Å². The second kappa shape index (κ2) is 6.84. The number of imidazole rings is 1. The van der Waals surface area contributed by atoms with E-state index >= 15 is 0 Å². The summed E-state index contributed by atoms with van der Waals surface area (Å²) in [6.45, 7) is 3.82. The van der Waals surface area contributed by atoms with Crippen molar-refractivity contribution < 1.29 is 14.0 Å². The first-order chi connectivity index (χ1) is 14.5. The molecule has 4 heterocycles. The maximum atomic E-state index is 13.1. The van der Waals surface area contributed by atoms with Gasteiger partial charge in [0.1, 0.15) is 0 Å². The molecule has 0 bridgehead atoms. The summed E-state index contributed by atoms with van der Waals surface area (Å²) in [5.74, 6) is -0.0566. The van der Waals surface area contributed by atoms with Crippen LogP contribution in [0.25, 0.3) is 16.9 Å². The van der Waals surface area contributed by atoms with Gasteiger partial charge in [-0.05, 0) is 43.3 Å². The highest BCUT2D eigenvalue weighted by molar-refractivity contribution is 6.10. The molecule has 5 rings (SSSR count). The molecular weight excluding hydrogens is 382 g/mol. The molecule has 150 valence electrons. The van der Waals surface area contributed by atoms with Crippen LogP contribution in [0.1, 0.15) is 24.4 Å². The minimum atomic E-state index is -0.244. The van der Waals surface area contributed by atoms with E-state index in [1.165, 1.54) is 13.2 Å². The van der Waals surface area contributed by atoms with E-state index in [0.29, 0.717) is 17.9 Å². The third-order valence-corrected chi connectivity index (χ3v) is 5.28. The van der Waals surface area contributed by atoms with Gasteiger partial charge in [0.25, 0.3) is 5.91 Å². The third-order valence-electron chi connectivity index (χ3n) is 5.28. The first-order valence-electron chi connectivity index (χ1n) is 9.63. The fourth-order valence-corrected chi connectivity index (χ4v) is 3.96. The van der Waals surface area contributed by atoms with Crippen LogP contribution in [0.3, 0.4) is 0 Å². The number of aromatic nitrogens is 3. The number of nitrogens with zero attached hydrogens (tertiary/aromatic N) is 5. The number of rotatable bonds is 2. The summed E-state index contributed by atoms with van der Waals surface area (Å²) < 4.78 is 7.03. The molecule has 8 nitrogen and oxygen atoms in total. The summed E-state index contributed by atoms with van der Waals surface area (Å²) in [5, 5.41) is 4.59. The Labute approximate surface area is 172 Å². The molecule has 0 unspecified atom stereocenters. The van der Waals surface area contributed by atoms with E-state index in [-0.39, 0.29) is 23.6 Å². The average molecular weight is 401 g/mol. The van der Waals surface area contributed by atoms with E-state index in [1.807, 2.05) is 37.3 Å². The predicted octanol–water partition coefficient (Wildman–Crippen LogP) is 3.39. The Morgan fingerprint density at radius 3 is 2.77 bits per heavy atom. The van der Waals surface area contributed by atoms with Crippen molar-refractivity contribution in [2.24, 2.45) is 0 Å². The molecule has 1 aromatic carbocycles. The molecule has 8 heteroatoms. The maximum Gasteiger partial charge on any atom is 0.294 e. The number of carbonyl (C=O) groups is 2. The molecular formula is C22H19N5O3. The van der Waals surface area contributed by atoms with Crippen molar-refractivity contribution >= 4 is 28.8 Å². The van der Waals surface area contributed by atoms with Gasteiger partial charge in [-0.2, -0.15) is 5.10 Å². The molecule has 3 aromatic heterocycles. The van der Waals surface area contributed by atoms with Gasteiger partial charge in [-0.15, -0.1) is 0 Å². The van der Waals surface area contributed by atoms with Gasteiger partial charge in [0, 0.05) is 31.4 Å². The molecule has 0 aliphatic carbocycles. The van der Waals surface area contributed by atoms with Gasteiger partial charge >= 0.3 is 0 Å². The lowest BCUT2D eigenvalue weighted by molar-refractivity contribution is -0.117. The normalized spacial score (nSPS) is 16.0. The first kappa shape index (κ1) is 18.1. The number of amides is 2. The number of anilines is 2.